The molecule has 0 saturated carbocycles. The lowest BCUT2D eigenvalue weighted by atomic mass is 9.81. The summed E-state index contributed by atoms with van der Waals surface area (Å²) in [4.78, 5) is 0. The van der Waals surface area contributed by atoms with Crippen LogP contribution in [0.4, 0.5) is 0 Å². The van der Waals surface area contributed by atoms with Crippen molar-refractivity contribution < 1.29 is 0 Å². The largest absolute Gasteiger partial charge is 0.0622 e. The zero-order valence-corrected chi connectivity index (χ0v) is 38.4. The van der Waals surface area contributed by atoms with Crippen LogP contribution in [0.3, 0.4) is 0 Å². The molecule has 0 aliphatic heterocycles. The van der Waals surface area contributed by atoms with Crippen LogP contribution in [0.1, 0.15) is 0 Å². The topological polar surface area (TPSA) is 0 Å². The summed E-state index contributed by atoms with van der Waals surface area (Å²) in [5.41, 5.74) is 14.7. The first kappa shape index (κ1) is 40.0. The molecule has 0 nitrogen and oxygen atoms in total. The molecule has 0 N–H and O–H groups in total. The van der Waals surface area contributed by atoms with Gasteiger partial charge in [-0.3, -0.25) is 0 Å². The maximum Gasteiger partial charge on any atom is -0.00199 e. The number of rotatable bonds is 6. The molecule has 14 rings (SSSR count). The van der Waals surface area contributed by atoms with Gasteiger partial charge in [-0.15, -0.1) is 0 Å². The van der Waals surface area contributed by atoms with Crippen LogP contribution >= 0.6 is 0 Å². The monoisotopic (exact) mass is 884 g/mol. The molecule has 0 atom stereocenters. The number of hydrogen-bond donors (Lipinski definition) is 0. The summed E-state index contributed by atoms with van der Waals surface area (Å²) >= 11 is 0. The molecule has 0 unspecified atom stereocenters. The molecule has 0 fully saturated rings. The van der Waals surface area contributed by atoms with E-state index in [1.165, 1.54) is 142 Å². The molecule has 0 amide bonds. The van der Waals surface area contributed by atoms with Crippen molar-refractivity contribution in [1.82, 2.24) is 0 Å². The maximum absolute atomic E-state index is 2.49. The van der Waals surface area contributed by atoms with Crippen molar-refractivity contribution in [2.75, 3.05) is 0 Å². The van der Waals surface area contributed by atoms with Crippen molar-refractivity contribution in [2.45, 2.75) is 0 Å². The van der Waals surface area contributed by atoms with E-state index in [0.29, 0.717) is 0 Å². The zero-order valence-electron chi connectivity index (χ0n) is 38.4. The molecular formula is C70H44. The Labute approximate surface area is 407 Å². The lowest BCUT2D eigenvalue weighted by molar-refractivity contribution is 1.61. The lowest BCUT2D eigenvalue weighted by Crippen LogP contribution is -1.95. The molecule has 324 valence electrons. The van der Waals surface area contributed by atoms with E-state index in [4.69, 9.17) is 0 Å². The number of hydrogen-bond acceptors (Lipinski definition) is 0. The van der Waals surface area contributed by atoms with Crippen molar-refractivity contribution >= 4 is 75.4 Å². The first-order chi connectivity index (χ1) is 34.7. The van der Waals surface area contributed by atoms with E-state index in [1.54, 1.807) is 0 Å². The van der Waals surface area contributed by atoms with Gasteiger partial charge in [-0.05, 0) is 173 Å². The second-order valence-corrected chi connectivity index (χ2v) is 18.6. The average Bonchev–Trinajstić information content (AvgIpc) is 3.44. The van der Waals surface area contributed by atoms with Crippen molar-refractivity contribution in [1.29, 1.82) is 0 Å². The van der Waals surface area contributed by atoms with Crippen LogP contribution < -0.4 is 0 Å². The summed E-state index contributed by atoms with van der Waals surface area (Å²) in [6.07, 6.45) is 0. The van der Waals surface area contributed by atoms with Crippen LogP contribution in [0, 0.1) is 0 Å². The minimum Gasteiger partial charge on any atom is -0.0622 e. The molecule has 0 heterocycles. The van der Waals surface area contributed by atoms with Crippen LogP contribution in [0.25, 0.3) is 142 Å². The van der Waals surface area contributed by atoms with Gasteiger partial charge in [-0.25, -0.2) is 0 Å². The van der Waals surface area contributed by atoms with Crippen LogP contribution in [0.15, 0.2) is 267 Å². The highest BCUT2D eigenvalue weighted by molar-refractivity contribution is 6.28. The molecule has 14 aromatic rings. The molecule has 0 aromatic heterocycles. The lowest BCUT2D eigenvalue weighted by Gasteiger charge is -2.22. The third kappa shape index (κ3) is 6.38. The van der Waals surface area contributed by atoms with E-state index in [2.05, 4.69) is 267 Å². The molecule has 0 aliphatic rings. The Kier molecular flexibility index (Phi) is 9.32. The Morgan fingerprint density at radius 1 is 0.143 bits per heavy atom. The highest BCUT2D eigenvalue weighted by atomic mass is 14.3. The van der Waals surface area contributed by atoms with Crippen LogP contribution in [-0.2, 0) is 0 Å². The summed E-state index contributed by atoms with van der Waals surface area (Å²) in [5, 5.41) is 17.5. The molecule has 70 heavy (non-hydrogen) atoms. The summed E-state index contributed by atoms with van der Waals surface area (Å²) < 4.78 is 0. The van der Waals surface area contributed by atoms with Gasteiger partial charge in [0.25, 0.3) is 0 Å². The summed E-state index contributed by atoms with van der Waals surface area (Å²) in [6, 6.07) is 99.2. The predicted octanol–water partition coefficient (Wildman–Crippen LogP) is 19.8. The zero-order chi connectivity index (χ0) is 46.1. The Hall–Kier alpha value is -9.10. The highest BCUT2D eigenvalue weighted by Crippen LogP contribution is 2.50. The fourth-order valence-electron chi connectivity index (χ4n) is 11.7. The second-order valence-electron chi connectivity index (χ2n) is 18.6. The highest BCUT2D eigenvalue weighted by Gasteiger charge is 2.23. The maximum atomic E-state index is 2.49. The normalized spacial score (nSPS) is 11.7. The van der Waals surface area contributed by atoms with E-state index < -0.39 is 0 Å². The van der Waals surface area contributed by atoms with Gasteiger partial charge in [-0.1, -0.05) is 237 Å². The van der Waals surface area contributed by atoms with Crippen molar-refractivity contribution in [2.24, 2.45) is 0 Å². The standard InChI is InChI=1S/C70H44/c1-4-20-45(21-5-1)62-40-48-26-10-11-27-49(48)41-63(62)51-36-38-56-57-39-37-52(44-65(57)69(47-24-8-3-9-25-47)68(64(56)43-51)46-22-6-2-7-23-46)67-58-32-16-18-34-60(58)70(61-35-19-17-33-59(61)67)66-42-50-28-12-13-29-53(50)54-30-14-15-31-55(54)66/h1-44H. The van der Waals surface area contributed by atoms with Gasteiger partial charge in [0.15, 0.2) is 0 Å². The van der Waals surface area contributed by atoms with Gasteiger partial charge in [0.1, 0.15) is 0 Å². The smallest absolute Gasteiger partial charge is 0.00199 e. The molecule has 0 bridgehead atoms. The third-order valence-corrected chi connectivity index (χ3v) is 14.8. The third-order valence-electron chi connectivity index (χ3n) is 14.8. The molecule has 0 saturated heterocycles. The van der Waals surface area contributed by atoms with Crippen LogP contribution in [0.5, 0.6) is 0 Å². The van der Waals surface area contributed by atoms with Gasteiger partial charge in [-0.2, -0.15) is 0 Å². The predicted molar refractivity (Wildman–Crippen MR) is 302 cm³/mol. The molecule has 0 spiro atoms. The first-order valence-corrected chi connectivity index (χ1v) is 24.3. The molecular weight excluding hydrogens is 841 g/mol. The van der Waals surface area contributed by atoms with Crippen molar-refractivity contribution in [3.63, 3.8) is 0 Å². The van der Waals surface area contributed by atoms with Gasteiger partial charge in [0, 0.05) is 0 Å². The van der Waals surface area contributed by atoms with Gasteiger partial charge < -0.3 is 0 Å². The fraction of sp³-hybridized carbons (Fsp3) is 0. The fourth-order valence-corrected chi connectivity index (χ4v) is 11.7. The minimum atomic E-state index is 1.19. The Balaban J connectivity index is 1.07. The molecule has 0 radical (unpaired) electrons. The molecule has 0 heteroatoms. The van der Waals surface area contributed by atoms with Gasteiger partial charge in [0.2, 0.25) is 0 Å². The Bertz CT molecular complexity index is 4320. The quantitative estimate of drug-likeness (QED) is 0.115. The van der Waals surface area contributed by atoms with E-state index >= 15 is 0 Å². The number of fused-ring (bicyclic) bond motifs is 9. The van der Waals surface area contributed by atoms with Crippen LogP contribution in [0.2, 0.25) is 0 Å². The molecule has 14 aromatic carbocycles. The van der Waals surface area contributed by atoms with Crippen molar-refractivity contribution in [3.8, 4) is 66.8 Å². The molecule has 0 aliphatic carbocycles. The van der Waals surface area contributed by atoms with E-state index in [0.717, 1.165) is 0 Å². The average molecular weight is 885 g/mol. The van der Waals surface area contributed by atoms with E-state index in [1.807, 2.05) is 0 Å². The second kappa shape index (κ2) is 16.3. The Morgan fingerprint density at radius 2 is 0.500 bits per heavy atom. The summed E-state index contributed by atoms with van der Waals surface area (Å²) in [6.45, 7) is 0. The minimum absolute atomic E-state index is 1.19. The summed E-state index contributed by atoms with van der Waals surface area (Å²) in [7, 11) is 0. The van der Waals surface area contributed by atoms with E-state index in [-0.39, 0.29) is 0 Å². The Morgan fingerprint density at radius 3 is 1.04 bits per heavy atom. The van der Waals surface area contributed by atoms with Crippen LogP contribution in [-0.4, -0.2) is 0 Å². The van der Waals surface area contributed by atoms with Crippen molar-refractivity contribution in [3.05, 3.63) is 267 Å². The number of benzene rings is 14. The van der Waals surface area contributed by atoms with E-state index in [9.17, 15) is 0 Å². The van der Waals surface area contributed by atoms with Gasteiger partial charge >= 0.3 is 0 Å². The summed E-state index contributed by atoms with van der Waals surface area (Å²) in [5.74, 6) is 0. The van der Waals surface area contributed by atoms with Gasteiger partial charge in [0.05, 0.1) is 0 Å². The SMILES string of the molecule is c1ccc(-c2cc3ccccc3cc2-c2ccc3c(c2)c(-c2ccccc2)c(-c2ccccc2)c2cc(-c4c5ccccc5c(-c5cc6ccccc6c6ccccc56)c5ccccc45)ccc23)cc1. The first-order valence-electron chi connectivity index (χ1n) is 24.3.